The lowest BCUT2D eigenvalue weighted by atomic mass is 9.66. The van der Waals surface area contributed by atoms with Crippen LogP contribution in [0.25, 0.3) is 0 Å². The molecule has 1 aliphatic carbocycles. The molecule has 0 saturated heterocycles. The highest BCUT2D eigenvalue weighted by molar-refractivity contribution is 6.34. The smallest absolute Gasteiger partial charge is 0.122 e. The molecule has 0 aliphatic heterocycles. The maximum Gasteiger partial charge on any atom is 0.122 e. The fourth-order valence-electron chi connectivity index (χ4n) is 1.83. The molecular weight excluding hydrogens is 247 g/mol. The summed E-state index contributed by atoms with van der Waals surface area (Å²) in [5, 5.41) is 10.7. The summed E-state index contributed by atoms with van der Waals surface area (Å²) in [6, 6.07) is 5.12. The predicted molar refractivity (Wildman–Crippen MR) is 65.3 cm³/mol. The third-order valence-corrected chi connectivity index (χ3v) is 3.68. The van der Waals surface area contributed by atoms with Gasteiger partial charge in [0, 0.05) is 21.9 Å². The Morgan fingerprint density at radius 3 is 2.25 bits per heavy atom. The Hall–Kier alpha value is -0.440. The molecule has 1 aliphatic rings. The van der Waals surface area contributed by atoms with Crippen molar-refractivity contribution in [2.45, 2.75) is 32.5 Å². The minimum Gasteiger partial charge on any atom is -0.490 e. The molecule has 2 atom stereocenters. The van der Waals surface area contributed by atoms with E-state index in [1.165, 1.54) is 0 Å². The van der Waals surface area contributed by atoms with E-state index in [1.54, 1.807) is 18.2 Å². The minimum atomic E-state index is -0.299. The van der Waals surface area contributed by atoms with E-state index in [0.29, 0.717) is 22.2 Å². The van der Waals surface area contributed by atoms with Crippen molar-refractivity contribution >= 4 is 23.2 Å². The van der Waals surface area contributed by atoms with E-state index in [-0.39, 0.29) is 17.6 Å². The van der Waals surface area contributed by atoms with Crippen LogP contribution in [0, 0.1) is 5.41 Å². The quantitative estimate of drug-likeness (QED) is 0.882. The first-order valence-corrected chi connectivity index (χ1v) is 5.96. The third-order valence-electron chi connectivity index (χ3n) is 3.24. The number of aliphatic hydroxyl groups is 1. The van der Waals surface area contributed by atoms with Gasteiger partial charge in [-0.25, -0.2) is 0 Å². The lowest BCUT2D eigenvalue weighted by Crippen LogP contribution is -2.56. The summed E-state index contributed by atoms with van der Waals surface area (Å²) in [6.45, 7) is 3.97. The second-order valence-electron chi connectivity index (χ2n) is 4.78. The molecule has 88 valence electrons. The molecule has 0 heterocycles. The molecule has 2 rings (SSSR count). The SMILES string of the molecule is CC1(C)C(O)CC1Oc1cc(Cl)cc(Cl)c1. The van der Waals surface area contributed by atoms with Crippen LogP contribution in [0.5, 0.6) is 5.75 Å². The zero-order valence-electron chi connectivity index (χ0n) is 9.21. The van der Waals surface area contributed by atoms with Gasteiger partial charge >= 0.3 is 0 Å². The largest absolute Gasteiger partial charge is 0.490 e. The van der Waals surface area contributed by atoms with E-state index in [1.807, 2.05) is 13.8 Å². The number of aliphatic hydroxyl groups excluding tert-OH is 1. The highest BCUT2D eigenvalue weighted by Crippen LogP contribution is 2.43. The molecular formula is C12H14Cl2O2. The van der Waals surface area contributed by atoms with E-state index in [2.05, 4.69) is 0 Å². The molecule has 0 aromatic heterocycles. The van der Waals surface area contributed by atoms with Crippen molar-refractivity contribution in [3.8, 4) is 5.75 Å². The Bertz CT molecular complexity index is 384. The van der Waals surface area contributed by atoms with Crippen LogP contribution in [0.4, 0.5) is 0 Å². The van der Waals surface area contributed by atoms with E-state index < -0.39 is 0 Å². The maximum absolute atomic E-state index is 9.60. The Balaban J connectivity index is 2.11. The Kier molecular flexibility index (Phi) is 3.08. The molecule has 2 unspecified atom stereocenters. The summed E-state index contributed by atoms with van der Waals surface area (Å²) in [5.74, 6) is 0.655. The average Bonchev–Trinajstić information content (AvgIpc) is 2.15. The second kappa shape index (κ2) is 4.10. The normalized spacial score (nSPS) is 27.3. The average molecular weight is 261 g/mol. The fourth-order valence-corrected chi connectivity index (χ4v) is 2.33. The number of rotatable bonds is 2. The minimum absolute atomic E-state index is 0.0111. The first kappa shape index (κ1) is 12.0. The number of ether oxygens (including phenoxy) is 1. The summed E-state index contributed by atoms with van der Waals surface area (Å²) < 4.78 is 5.77. The number of halogens is 2. The molecule has 1 fully saturated rings. The van der Waals surface area contributed by atoms with E-state index in [4.69, 9.17) is 27.9 Å². The highest BCUT2D eigenvalue weighted by atomic mass is 35.5. The van der Waals surface area contributed by atoms with Gasteiger partial charge in [-0.3, -0.25) is 0 Å². The van der Waals surface area contributed by atoms with Crippen LogP contribution >= 0.6 is 23.2 Å². The molecule has 0 radical (unpaired) electrons. The van der Waals surface area contributed by atoms with E-state index >= 15 is 0 Å². The fraction of sp³-hybridized carbons (Fsp3) is 0.500. The van der Waals surface area contributed by atoms with Crippen LogP contribution in [0.2, 0.25) is 10.0 Å². The van der Waals surface area contributed by atoms with Crippen LogP contribution in [0.3, 0.4) is 0 Å². The molecule has 4 heteroatoms. The maximum atomic E-state index is 9.60. The zero-order valence-corrected chi connectivity index (χ0v) is 10.7. The molecule has 2 nitrogen and oxygen atoms in total. The Labute approximate surface area is 105 Å². The van der Waals surface area contributed by atoms with Crippen molar-refractivity contribution in [1.82, 2.24) is 0 Å². The van der Waals surface area contributed by atoms with Crippen molar-refractivity contribution in [3.05, 3.63) is 28.2 Å². The van der Waals surface area contributed by atoms with Crippen LogP contribution < -0.4 is 4.74 Å². The van der Waals surface area contributed by atoms with Gasteiger partial charge in [-0.2, -0.15) is 0 Å². The second-order valence-corrected chi connectivity index (χ2v) is 5.66. The first-order valence-electron chi connectivity index (χ1n) is 5.20. The highest BCUT2D eigenvalue weighted by Gasteiger charge is 2.49. The van der Waals surface area contributed by atoms with E-state index in [0.717, 1.165) is 0 Å². The van der Waals surface area contributed by atoms with E-state index in [9.17, 15) is 5.11 Å². The van der Waals surface area contributed by atoms with Crippen LogP contribution in [0.15, 0.2) is 18.2 Å². The number of hydrogen-bond acceptors (Lipinski definition) is 2. The number of benzene rings is 1. The Morgan fingerprint density at radius 1 is 1.25 bits per heavy atom. The monoisotopic (exact) mass is 260 g/mol. The molecule has 1 aromatic rings. The summed E-state index contributed by atoms with van der Waals surface area (Å²) in [6.07, 6.45) is 0.362. The molecule has 1 aromatic carbocycles. The van der Waals surface area contributed by atoms with Crippen molar-refractivity contribution in [3.63, 3.8) is 0 Å². The summed E-state index contributed by atoms with van der Waals surface area (Å²) >= 11 is 11.8. The van der Waals surface area contributed by atoms with Crippen LogP contribution in [-0.4, -0.2) is 17.3 Å². The molecule has 0 bridgehead atoms. The summed E-state index contributed by atoms with van der Waals surface area (Å²) in [5.41, 5.74) is -0.213. The Morgan fingerprint density at radius 2 is 1.81 bits per heavy atom. The molecule has 0 spiro atoms. The van der Waals surface area contributed by atoms with Crippen molar-refractivity contribution in [2.75, 3.05) is 0 Å². The van der Waals surface area contributed by atoms with Gasteiger partial charge in [0.2, 0.25) is 0 Å². The molecule has 1 N–H and O–H groups in total. The standard InChI is InChI=1S/C12H14Cl2O2/c1-12(2)10(15)6-11(12)16-9-4-7(13)3-8(14)5-9/h3-5,10-11,15H,6H2,1-2H3. The van der Waals surface area contributed by atoms with Gasteiger partial charge in [0.25, 0.3) is 0 Å². The molecule has 1 saturated carbocycles. The molecule has 0 amide bonds. The summed E-state index contributed by atoms with van der Waals surface area (Å²) in [7, 11) is 0. The van der Waals surface area contributed by atoms with Gasteiger partial charge in [0.05, 0.1) is 6.10 Å². The topological polar surface area (TPSA) is 29.5 Å². The number of hydrogen-bond donors (Lipinski definition) is 1. The molecule has 16 heavy (non-hydrogen) atoms. The first-order chi connectivity index (χ1) is 7.39. The van der Waals surface area contributed by atoms with Crippen LogP contribution in [-0.2, 0) is 0 Å². The van der Waals surface area contributed by atoms with Gasteiger partial charge < -0.3 is 9.84 Å². The zero-order chi connectivity index (χ0) is 11.9. The predicted octanol–water partition coefficient (Wildman–Crippen LogP) is 3.53. The van der Waals surface area contributed by atoms with Crippen molar-refractivity contribution in [1.29, 1.82) is 0 Å². The third kappa shape index (κ3) is 2.15. The van der Waals surface area contributed by atoms with Gasteiger partial charge in [0.1, 0.15) is 11.9 Å². The van der Waals surface area contributed by atoms with Crippen molar-refractivity contribution < 1.29 is 9.84 Å². The van der Waals surface area contributed by atoms with Crippen LogP contribution in [0.1, 0.15) is 20.3 Å². The lowest BCUT2D eigenvalue weighted by molar-refractivity contribution is -0.134. The summed E-state index contributed by atoms with van der Waals surface area (Å²) in [4.78, 5) is 0. The lowest BCUT2D eigenvalue weighted by Gasteiger charge is -2.48. The van der Waals surface area contributed by atoms with Gasteiger partial charge in [-0.15, -0.1) is 0 Å². The van der Waals surface area contributed by atoms with Gasteiger partial charge in [-0.1, -0.05) is 37.0 Å². The van der Waals surface area contributed by atoms with Gasteiger partial charge in [0.15, 0.2) is 0 Å². The van der Waals surface area contributed by atoms with Gasteiger partial charge in [-0.05, 0) is 18.2 Å². The van der Waals surface area contributed by atoms with Crippen molar-refractivity contribution in [2.24, 2.45) is 5.41 Å².